The second-order valence-electron chi connectivity index (χ2n) is 7.43. The number of aromatic nitrogens is 3. The highest BCUT2D eigenvalue weighted by molar-refractivity contribution is 6.30. The van der Waals surface area contributed by atoms with Gasteiger partial charge in [-0.3, -0.25) is 4.98 Å². The lowest BCUT2D eigenvalue weighted by atomic mass is 10.0. The van der Waals surface area contributed by atoms with E-state index in [0.29, 0.717) is 41.5 Å². The van der Waals surface area contributed by atoms with Crippen molar-refractivity contribution >= 4 is 23.1 Å². The minimum atomic E-state index is -4.48. The Morgan fingerprint density at radius 1 is 1.19 bits per heavy atom. The minimum absolute atomic E-state index is 0.329. The summed E-state index contributed by atoms with van der Waals surface area (Å²) in [6, 6.07) is 9.42. The number of fused-ring (bicyclic) bond motifs is 1. The molecule has 0 bridgehead atoms. The number of alkyl halides is 3. The molecule has 1 aliphatic rings. The van der Waals surface area contributed by atoms with Crippen molar-refractivity contribution in [3.05, 3.63) is 76.0 Å². The normalized spacial score (nSPS) is 14.4. The van der Waals surface area contributed by atoms with E-state index in [1.165, 1.54) is 18.6 Å². The molecule has 3 heterocycles. The first-order valence-electron chi connectivity index (χ1n) is 9.83. The largest absolute Gasteiger partial charge is 0.433 e. The van der Waals surface area contributed by atoms with Gasteiger partial charge in [0.1, 0.15) is 23.9 Å². The van der Waals surface area contributed by atoms with Crippen LogP contribution in [0.15, 0.2) is 42.9 Å². The number of pyridine rings is 1. The third-order valence-corrected chi connectivity index (χ3v) is 5.59. The third kappa shape index (κ3) is 4.46. The summed E-state index contributed by atoms with van der Waals surface area (Å²) in [5.41, 5.74) is 2.70. The van der Waals surface area contributed by atoms with Crippen molar-refractivity contribution in [3.63, 3.8) is 0 Å². The Balaban J connectivity index is 1.58. The number of rotatable bonds is 4. The van der Waals surface area contributed by atoms with E-state index in [2.05, 4.69) is 31.2 Å². The molecule has 0 amide bonds. The summed E-state index contributed by atoms with van der Waals surface area (Å²) in [6.45, 7) is 2.98. The minimum Gasteiger partial charge on any atom is -0.366 e. The molecule has 2 aromatic heterocycles. The summed E-state index contributed by atoms with van der Waals surface area (Å²) in [5, 5.41) is 13.3. The van der Waals surface area contributed by atoms with Crippen LogP contribution in [0.2, 0.25) is 5.02 Å². The lowest BCUT2D eigenvalue weighted by Crippen LogP contribution is -2.32. The maximum atomic E-state index is 12.8. The van der Waals surface area contributed by atoms with Gasteiger partial charge in [-0.25, -0.2) is 9.97 Å². The molecule has 0 fully saturated rings. The van der Waals surface area contributed by atoms with Crippen molar-refractivity contribution in [1.29, 1.82) is 5.26 Å². The van der Waals surface area contributed by atoms with Crippen LogP contribution in [0.3, 0.4) is 0 Å². The third-order valence-electron chi connectivity index (χ3n) is 5.35. The van der Waals surface area contributed by atoms with Crippen LogP contribution in [-0.4, -0.2) is 21.5 Å². The first-order valence-corrected chi connectivity index (χ1v) is 10.2. The highest BCUT2D eigenvalue weighted by atomic mass is 35.5. The average Bonchev–Trinajstić information content (AvgIpc) is 2.78. The summed E-state index contributed by atoms with van der Waals surface area (Å²) in [5.74, 6) is 0.597. The van der Waals surface area contributed by atoms with Crippen LogP contribution in [0.5, 0.6) is 0 Å². The Hall–Kier alpha value is -3.38. The van der Waals surface area contributed by atoms with E-state index in [0.717, 1.165) is 23.0 Å². The fourth-order valence-electron chi connectivity index (χ4n) is 3.66. The van der Waals surface area contributed by atoms with E-state index in [1.807, 2.05) is 13.0 Å². The monoisotopic (exact) mass is 458 g/mol. The number of nitrogens with one attached hydrogen (secondary N) is 1. The summed E-state index contributed by atoms with van der Waals surface area (Å²) < 4.78 is 38.3. The van der Waals surface area contributed by atoms with Gasteiger partial charge < -0.3 is 10.2 Å². The van der Waals surface area contributed by atoms with Crippen LogP contribution in [0.4, 0.5) is 24.7 Å². The molecule has 0 saturated heterocycles. The molecule has 0 spiro atoms. The quantitative estimate of drug-likeness (QED) is 0.582. The fraction of sp³-hybridized carbons (Fsp3) is 0.273. The van der Waals surface area contributed by atoms with Gasteiger partial charge >= 0.3 is 6.18 Å². The van der Waals surface area contributed by atoms with Gasteiger partial charge in [-0.05, 0) is 36.8 Å². The first kappa shape index (κ1) is 21.8. The molecule has 32 heavy (non-hydrogen) atoms. The first-order chi connectivity index (χ1) is 15.3. The van der Waals surface area contributed by atoms with Gasteiger partial charge in [-0.1, -0.05) is 17.7 Å². The van der Waals surface area contributed by atoms with Crippen molar-refractivity contribution < 1.29 is 13.2 Å². The zero-order chi connectivity index (χ0) is 22.9. The van der Waals surface area contributed by atoms with Gasteiger partial charge in [-0.15, -0.1) is 0 Å². The summed E-state index contributed by atoms with van der Waals surface area (Å²) in [7, 11) is 0. The molecule has 6 nitrogen and oxygen atoms in total. The Morgan fingerprint density at radius 3 is 2.69 bits per heavy atom. The maximum absolute atomic E-state index is 12.8. The molecule has 0 saturated carbocycles. The molecular formula is C22H18ClF3N6. The number of hydrogen-bond donors (Lipinski definition) is 1. The van der Waals surface area contributed by atoms with Gasteiger partial charge in [0, 0.05) is 36.3 Å². The number of halogens is 4. The van der Waals surface area contributed by atoms with Crippen molar-refractivity contribution in [1.82, 2.24) is 15.0 Å². The molecule has 1 atom stereocenters. The van der Waals surface area contributed by atoms with E-state index in [1.54, 1.807) is 12.1 Å². The molecule has 1 aromatic carbocycles. The Labute approximate surface area is 187 Å². The van der Waals surface area contributed by atoms with E-state index in [4.69, 9.17) is 11.6 Å². The van der Waals surface area contributed by atoms with Crippen molar-refractivity contribution in [2.24, 2.45) is 0 Å². The van der Waals surface area contributed by atoms with Crippen molar-refractivity contribution in [3.8, 4) is 6.07 Å². The smallest absolute Gasteiger partial charge is 0.366 e. The second kappa shape index (κ2) is 8.63. The second-order valence-corrected chi connectivity index (χ2v) is 7.87. The van der Waals surface area contributed by atoms with E-state index in [9.17, 15) is 18.4 Å². The highest BCUT2D eigenvalue weighted by Gasteiger charge is 2.32. The summed E-state index contributed by atoms with van der Waals surface area (Å²) in [4.78, 5) is 14.3. The van der Waals surface area contributed by atoms with Crippen LogP contribution >= 0.6 is 11.6 Å². The lowest BCUT2D eigenvalue weighted by Gasteiger charge is -2.32. The Kier molecular flexibility index (Phi) is 5.89. The summed E-state index contributed by atoms with van der Waals surface area (Å²) >= 11 is 6.02. The zero-order valence-corrected chi connectivity index (χ0v) is 17.7. The van der Waals surface area contributed by atoms with Crippen LogP contribution in [-0.2, 0) is 19.1 Å². The Bertz CT molecular complexity index is 1170. The van der Waals surface area contributed by atoms with Gasteiger partial charge in [0.05, 0.1) is 23.0 Å². The van der Waals surface area contributed by atoms with Gasteiger partial charge in [0.2, 0.25) is 0 Å². The molecular weight excluding hydrogens is 441 g/mol. The number of nitriles is 1. The summed E-state index contributed by atoms with van der Waals surface area (Å²) in [6.07, 6.45) is -1.13. The molecule has 4 rings (SSSR count). The molecule has 1 aliphatic heterocycles. The number of anilines is 2. The molecule has 0 radical (unpaired) electrons. The van der Waals surface area contributed by atoms with E-state index < -0.39 is 11.9 Å². The van der Waals surface area contributed by atoms with Crippen molar-refractivity contribution in [2.45, 2.75) is 32.1 Å². The Morgan fingerprint density at radius 2 is 2.00 bits per heavy atom. The molecule has 0 aliphatic carbocycles. The highest BCUT2D eigenvalue weighted by Crippen LogP contribution is 2.32. The molecule has 1 N–H and O–H groups in total. The predicted molar refractivity (Wildman–Crippen MR) is 114 cm³/mol. The SMILES string of the molecule is CC(Nc1ncnc2c1CN(c1ccc(Cl)cc1C#N)CC2)c1ccc(C(F)(F)F)nc1. The van der Waals surface area contributed by atoms with Crippen LogP contribution in [0.1, 0.15) is 41.0 Å². The molecule has 10 heteroatoms. The van der Waals surface area contributed by atoms with Crippen molar-refractivity contribution in [2.75, 3.05) is 16.8 Å². The number of hydrogen-bond acceptors (Lipinski definition) is 6. The molecule has 3 aromatic rings. The fourth-order valence-corrected chi connectivity index (χ4v) is 3.83. The number of nitrogens with zero attached hydrogens (tertiary/aromatic N) is 5. The van der Waals surface area contributed by atoms with E-state index in [-0.39, 0.29) is 6.04 Å². The predicted octanol–water partition coefficient (Wildman–Crippen LogP) is 5.15. The molecule has 164 valence electrons. The average molecular weight is 459 g/mol. The van der Waals surface area contributed by atoms with Crippen LogP contribution in [0.25, 0.3) is 0 Å². The van der Waals surface area contributed by atoms with Gasteiger partial charge in [0.25, 0.3) is 0 Å². The van der Waals surface area contributed by atoms with Crippen LogP contribution in [0, 0.1) is 11.3 Å². The standard InChI is InChI=1S/C22H18ClF3N6/c1-13(14-2-5-20(28-10-14)22(24,25)26)31-21-17-11-32(7-6-18(17)29-12-30-21)19-4-3-16(23)8-15(19)9-27/h2-5,8,10,12-13H,6-7,11H2,1H3,(H,29,30,31). The zero-order valence-electron chi connectivity index (χ0n) is 17.0. The lowest BCUT2D eigenvalue weighted by molar-refractivity contribution is -0.141. The molecule has 1 unspecified atom stereocenters. The van der Waals surface area contributed by atoms with Gasteiger partial charge in [-0.2, -0.15) is 18.4 Å². The topological polar surface area (TPSA) is 77.7 Å². The van der Waals surface area contributed by atoms with Gasteiger partial charge in [0.15, 0.2) is 0 Å². The number of benzene rings is 1. The maximum Gasteiger partial charge on any atom is 0.433 e. The van der Waals surface area contributed by atoms with Crippen LogP contribution < -0.4 is 10.2 Å². The van der Waals surface area contributed by atoms with E-state index >= 15 is 0 Å².